The van der Waals surface area contributed by atoms with E-state index in [0.29, 0.717) is 49.3 Å². The molecule has 3 aromatic heterocycles. The highest BCUT2D eigenvalue weighted by Gasteiger charge is 2.26. The Kier molecular flexibility index (Phi) is 7.85. The molecule has 0 saturated carbocycles. The first-order valence-corrected chi connectivity index (χ1v) is 13.7. The van der Waals surface area contributed by atoms with Gasteiger partial charge < -0.3 is 29.5 Å². The number of fused-ring (bicyclic) bond motifs is 1. The van der Waals surface area contributed by atoms with Gasteiger partial charge in [0.15, 0.2) is 11.5 Å². The molecule has 0 atom stereocenters. The number of methoxy groups -OCH3 is 1. The first kappa shape index (κ1) is 27.4. The fraction of sp³-hybridized carbons (Fsp3) is 0.500. The van der Waals surface area contributed by atoms with Gasteiger partial charge in [-0.25, -0.2) is 29.5 Å². The predicted octanol–water partition coefficient (Wildman–Crippen LogP) is 4.00. The van der Waals surface area contributed by atoms with Gasteiger partial charge in [0, 0.05) is 50.9 Å². The molecule has 0 unspecified atom stereocenters. The Balaban J connectivity index is 1.29. The van der Waals surface area contributed by atoms with Crippen molar-refractivity contribution < 1.29 is 19.1 Å². The molecule has 0 bridgehead atoms. The number of carbonyl (C=O) groups excluding carboxylic acids is 2. The van der Waals surface area contributed by atoms with Crippen molar-refractivity contribution in [3.63, 3.8) is 0 Å². The quantitative estimate of drug-likeness (QED) is 0.465. The van der Waals surface area contributed by atoms with Crippen molar-refractivity contribution in [1.82, 2.24) is 24.8 Å². The van der Waals surface area contributed by atoms with Gasteiger partial charge in [0.2, 0.25) is 5.95 Å². The highest BCUT2D eigenvalue weighted by molar-refractivity contribution is 5.96. The molecule has 0 radical (unpaired) electrons. The maximum atomic E-state index is 12.4. The molecule has 0 aliphatic carbocycles. The third-order valence-electron chi connectivity index (χ3n) is 6.88. The van der Waals surface area contributed by atoms with Crippen LogP contribution in [0.4, 0.5) is 28.1 Å². The Hall–Kier alpha value is -4.22. The topological polar surface area (TPSA) is 126 Å². The number of hydrogen-bond donors (Lipinski definition) is 1. The van der Waals surface area contributed by atoms with E-state index in [1.165, 1.54) is 13.5 Å². The second-order valence-corrected chi connectivity index (χ2v) is 11.0. The minimum absolute atomic E-state index is 0.240. The smallest absolute Gasteiger partial charge is 0.410 e. The molecule has 212 valence electrons. The van der Waals surface area contributed by atoms with E-state index in [4.69, 9.17) is 14.5 Å². The normalized spacial score (nSPS) is 16.1. The van der Waals surface area contributed by atoms with Gasteiger partial charge >= 0.3 is 12.1 Å². The molecule has 3 aromatic rings. The van der Waals surface area contributed by atoms with Crippen LogP contribution < -0.4 is 15.1 Å². The van der Waals surface area contributed by atoms with E-state index in [1.54, 1.807) is 23.4 Å². The maximum absolute atomic E-state index is 12.4. The second-order valence-electron chi connectivity index (χ2n) is 11.0. The lowest BCUT2D eigenvalue weighted by Gasteiger charge is -2.36. The van der Waals surface area contributed by atoms with E-state index in [0.717, 1.165) is 37.0 Å². The molecule has 1 N–H and O–H groups in total. The van der Waals surface area contributed by atoms with Crippen LogP contribution in [0.2, 0.25) is 0 Å². The molecule has 0 spiro atoms. The molecule has 2 fully saturated rings. The average molecular weight is 549 g/mol. The number of aromatic nitrogens is 4. The number of pyridine rings is 2. The summed E-state index contributed by atoms with van der Waals surface area (Å²) in [4.78, 5) is 49.1. The number of ether oxygens (including phenoxy) is 2. The number of esters is 1. The van der Waals surface area contributed by atoms with E-state index in [9.17, 15) is 9.59 Å². The summed E-state index contributed by atoms with van der Waals surface area (Å²) in [5.41, 5.74) is 1.38. The number of nitrogens with zero attached hydrogens (tertiary/aromatic N) is 7. The maximum Gasteiger partial charge on any atom is 0.410 e. The van der Waals surface area contributed by atoms with Crippen LogP contribution >= 0.6 is 0 Å². The van der Waals surface area contributed by atoms with E-state index in [2.05, 4.69) is 30.1 Å². The van der Waals surface area contributed by atoms with E-state index in [1.807, 2.05) is 32.9 Å². The van der Waals surface area contributed by atoms with Crippen molar-refractivity contribution in [3.05, 3.63) is 36.3 Å². The Bertz CT molecular complexity index is 1360. The summed E-state index contributed by atoms with van der Waals surface area (Å²) in [5, 5.41) is 3.91. The lowest BCUT2D eigenvalue weighted by atomic mass is 10.1. The highest BCUT2D eigenvalue weighted by atomic mass is 16.6. The second kappa shape index (κ2) is 11.5. The van der Waals surface area contributed by atoms with Crippen molar-refractivity contribution in [3.8, 4) is 0 Å². The first-order chi connectivity index (χ1) is 19.2. The fourth-order valence-electron chi connectivity index (χ4n) is 4.85. The van der Waals surface area contributed by atoms with Crippen molar-refractivity contribution in [2.75, 3.05) is 61.5 Å². The molecular formula is C28H36N8O4. The molecule has 0 aromatic carbocycles. The number of anilines is 4. The standard InChI is InChI=1S/C28H36N8O4/c1-28(2,3)40-27(38)36-14-12-34(13-15-36)20-8-9-22(29-18-20)32-26-30-17-19-16-21(25(37)39-4)31-24(23(19)33-26)35-10-6-5-7-11-35/h8-9,16-18H,5-7,10-15H2,1-4H3,(H,29,30,32,33). The van der Waals surface area contributed by atoms with Crippen LogP contribution in [-0.2, 0) is 9.47 Å². The molecule has 2 aliphatic rings. The zero-order valence-electron chi connectivity index (χ0n) is 23.5. The van der Waals surface area contributed by atoms with E-state index < -0.39 is 11.6 Å². The number of hydrogen-bond acceptors (Lipinski definition) is 11. The van der Waals surface area contributed by atoms with Crippen LogP contribution in [0.15, 0.2) is 30.6 Å². The summed E-state index contributed by atoms with van der Waals surface area (Å²) in [6, 6.07) is 5.53. The molecule has 12 heteroatoms. The zero-order valence-corrected chi connectivity index (χ0v) is 23.5. The Morgan fingerprint density at radius 1 is 0.900 bits per heavy atom. The molecule has 1 amide bonds. The Labute approximate surface area is 233 Å². The Morgan fingerprint density at radius 2 is 1.65 bits per heavy atom. The molecule has 2 saturated heterocycles. The molecular weight excluding hydrogens is 512 g/mol. The third kappa shape index (κ3) is 6.32. The molecule has 2 aliphatic heterocycles. The van der Waals surface area contributed by atoms with Crippen LogP contribution in [0.3, 0.4) is 0 Å². The van der Waals surface area contributed by atoms with Gasteiger partial charge in [-0.05, 0) is 58.2 Å². The van der Waals surface area contributed by atoms with Crippen LogP contribution in [0.25, 0.3) is 10.9 Å². The van der Waals surface area contributed by atoms with Gasteiger partial charge in [-0.3, -0.25) is 0 Å². The SMILES string of the molecule is COC(=O)c1cc2cnc(Nc3ccc(N4CCN(C(=O)OC(C)(C)C)CC4)cn3)nc2c(N2CCCCC2)n1. The van der Waals surface area contributed by atoms with Crippen LogP contribution in [-0.4, -0.2) is 88.9 Å². The van der Waals surface area contributed by atoms with Gasteiger partial charge in [0.25, 0.3) is 0 Å². The highest BCUT2D eigenvalue weighted by Crippen LogP contribution is 2.28. The number of carbonyl (C=O) groups is 2. The average Bonchev–Trinajstić information content (AvgIpc) is 2.96. The van der Waals surface area contributed by atoms with Crippen molar-refractivity contribution in [1.29, 1.82) is 0 Å². The zero-order chi connectivity index (χ0) is 28.3. The van der Waals surface area contributed by atoms with Crippen molar-refractivity contribution in [2.24, 2.45) is 0 Å². The number of rotatable bonds is 5. The van der Waals surface area contributed by atoms with Gasteiger partial charge in [-0.1, -0.05) is 0 Å². The van der Waals surface area contributed by atoms with Gasteiger partial charge in [-0.15, -0.1) is 0 Å². The fourth-order valence-corrected chi connectivity index (χ4v) is 4.85. The summed E-state index contributed by atoms with van der Waals surface area (Å²) < 4.78 is 10.4. The predicted molar refractivity (Wildman–Crippen MR) is 152 cm³/mol. The molecule has 5 heterocycles. The lowest BCUT2D eigenvalue weighted by molar-refractivity contribution is 0.0240. The van der Waals surface area contributed by atoms with Crippen molar-refractivity contribution >= 4 is 46.2 Å². The minimum Gasteiger partial charge on any atom is -0.464 e. The summed E-state index contributed by atoms with van der Waals surface area (Å²) in [5.74, 6) is 1.17. The number of amides is 1. The van der Waals surface area contributed by atoms with Crippen LogP contribution in [0.1, 0.15) is 50.5 Å². The third-order valence-corrected chi connectivity index (χ3v) is 6.88. The molecule has 40 heavy (non-hydrogen) atoms. The number of nitrogens with one attached hydrogen (secondary N) is 1. The summed E-state index contributed by atoms with van der Waals surface area (Å²) >= 11 is 0. The van der Waals surface area contributed by atoms with E-state index in [-0.39, 0.29) is 11.8 Å². The summed E-state index contributed by atoms with van der Waals surface area (Å²) in [6.07, 6.45) is 6.51. The van der Waals surface area contributed by atoms with Gasteiger partial charge in [-0.2, -0.15) is 0 Å². The van der Waals surface area contributed by atoms with Gasteiger partial charge in [0.1, 0.15) is 16.9 Å². The van der Waals surface area contributed by atoms with Gasteiger partial charge in [0.05, 0.1) is 19.0 Å². The summed E-state index contributed by atoms with van der Waals surface area (Å²) in [7, 11) is 1.35. The van der Waals surface area contributed by atoms with Crippen LogP contribution in [0.5, 0.6) is 0 Å². The Morgan fingerprint density at radius 3 is 2.30 bits per heavy atom. The summed E-state index contributed by atoms with van der Waals surface area (Å²) in [6.45, 7) is 9.89. The molecule has 5 rings (SSSR count). The van der Waals surface area contributed by atoms with E-state index >= 15 is 0 Å². The number of piperidine rings is 1. The first-order valence-electron chi connectivity index (χ1n) is 13.7. The largest absolute Gasteiger partial charge is 0.464 e. The minimum atomic E-state index is -0.507. The lowest BCUT2D eigenvalue weighted by Crippen LogP contribution is -2.50. The monoisotopic (exact) mass is 548 g/mol. The van der Waals surface area contributed by atoms with Crippen molar-refractivity contribution in [2.45, 2.75) is 45.6 Å². The number of piperazine rings is 1. The van der Waals surface area contributed by atoms with Crippen LogP contribution in [0, 0.1) is 0 Å². The molecule has 12 nitrogen and oxygen atoms in total.